The normalized spacial score (nSPS) is 11.1. The number of fused-ring (bicyclic) bond motifs is 1. The molecule has 0 bridgehead atoms. The molecule has 0 spiro atoms. The molecule has 0 atom stereocenters. The van der Waals surface area contributed by atoms with E-state index in [4.69, 9.17) is 11.6 Å². The highest BCUT2D eigenvalue weighted by Crippen LogP contribution is 2.20. The summed E-state index contributed by atoms with van der Waals surface area (Å²) in [5.74, 6) is 0. The van der Waals surface area contributed by atoms with Crippen LogP contribution in [0.25, 0.3) is 11.0 Å². The van der Waals surface area contributed by atoms with E-state index >= 15 is 0 Å². The van der Waals surface area contributed by atoms with Crippen LogP contribution in [0.3, 0.4) is 0 Å². The van der Waals surface area contributed by atoms with Crippen molar-refractivity contribution >= 4 is 22.6 Å². The molecule has 0 radical (unpaired) electrons. The van der Waals surface area contributed by atoms with E-state index in [1.807, 2.05) is 12.3 Å². The Hall–Kier alpha value is -1.09. The molecular weight excluding hydrogens is 210 g/mol. The molecule has 0 unspecified atom stereocenters. The Morgan fingerprint density at radius 3 is 3.00 bits per heavy atom. The molecule has 0 saturated heterocycles. The van der Waals surface area contributed by atoms with Crippen LogP contribution in [0.5, 0.6) is 0 Å². The van der Waals surface area contributed by atoms with E-state index in [1.54, 1.807) is 0 Å². The SMILES string of the molecule is CCCCCn1ccc2ncnc(Cl)c21. The summed E-state index contributed by atoms with van der Waals surface area (Å²) in [4.78, 5) is 8.18. The molecule has 15 heavy (non-hydrogen) atoms. The standard InChI is InChI=1S/C11H14ClN3/c1-2-3-4-6-15-7-5-9-10(15)11(12)14-8-13-9/h5,7-8H,2-4,6H2,1H3. The number of halogens is 1. The molecule has 2 heterocycles. The van der Waals surface area contributed by atoms with Gasteiger partial charge in [0.25, 0.3) is 0 Å². The van der Waals surface area contributed by atoms with Gasteiger partial charge in [0.1, 0.15) is 11.8 Å². The molecule has 2 aromatic rings. The summed E-state index contributed by atoms with van der Waals surface area (Å²) in [5.41, 5.74) is 1.88. The average molecular weight is 224 g/mol. The van der Waals surface area contributed by atoms with Crippen LogP contribution >= 0.6 is 11.6 Å². The van der Waals surface area contributed by atoms with Crippen LogP contribution in [0.4, 0.5) is 0 Å². The summed E-state index contributed by atoms with van der Waals surface area (Å²) in [6, 6.07) is 1.98. The second-order valence-corrected chi connectivity index (χ2v) is 3.97. The van der Waals surface area contributed by atoms with Crippen molar-refractivity contribution in [3.8, 4) is 0 Å². The maximum Gasteiger partial charge on any atom is 0.156 e. The molecule has 0 fully saturated rings. The Morgan fingerprint density at radius 1 is 1.33 bits per heavy atom. The van der Waals surface area contributed by atoms with Gasteiger partial charge in [-0.3, -0.25) is 0 Å². The lowest BCUT2D eigenvalue weighted by Crippen LogP contribution is -1.97. The number of rotatable bonds is 4. The maximum atomic E-state index is 6.04. The lowest BCUT2D eigenvalue weighted by Gasteiger charge is -2.04. The van der Waals surface area contributed by atoms with Crippen molar-refractivity contribution in [3.05, 3.63) is 23.7 Å². The predicted molar refractivity (Wildman–Crippen MR) is 62.1 cm³/mol. The van der Waals surface area contributed by atoms with Gasteiger partial charge in [-0.25, -0.2) is 9.97 Å². The van der Waals surface area contributed by atoms with E-state index in [-0.39, 0.29) is 0 Å². The fourth-order valence-corrected chi connectivity index (χ4v) is 1.96. The summed E-state index contributed by atoms with van der Waals surface area (Å²) < 4.78 is 2.13. The van der Waals surface area contributed by atoms with Gasteiger partial charge >= 0.3 is 0 Å². The third-order valence-electron chi connectivity index (χ3n) is 2.51. The van der Waals surface area contributed by atoms with Crippen LogP contribution in [-0.2, 0) is 6.54 Å². The topological polar surface area (TPSA) is 30.7 Å². The second-order valence-electron chi connectivity index (χ2n) is 3.61. The van der Waals surface area contributed by atoms with Crippen molar-refractivity contribution in [3.63, 3.8) is 0 Å². The minimum atomic E-state index is 0.543. The minimum Gasteiger partial charge on any atom is -0.344 e. The highest BCUT2D eigenvalue weighted by atomic mass is 35.5. The summed E-state index contributed by atoms with van der Waals surface area (Å²) in [5, 5.41) is 0.543. The number of aromatic nitrogens is 3. The van der Waals surface area contributed by atoms with Gasteiger partial charge in [-0.2, -0.15) is 0 Å². The number of nitrogens with zero attached hydrogens (tertiary/aromatic N) is 3. The zero-order valence-corrected chi connectivity index (χ0v) is 9.54. The number of aryl methyl sites for hydroxylation is 1. The maximum absolute atomic E-state index is 6.04. The van der Waals surface area contributed by atoms with Gasteiger partial charge in [-0.05, 0) is 12.5 Å². The first-order chi connectivity index (χ1) is 7.33. The van der Waals surface area contributed by atoms with E-state index in [0.29, 0.717) is 5.15 Å². The van der Waals surface area contributed by atoms with Crippen molar-refractivity contribution in [2.24, 2.45) is 0 Å². The third-order valence-corrected chi connectivity index (χ3v) is 2.78. The van der Waals surface area contributed by atoms with Crippen LogP contribution in [-0.4, -0.2) is 14.5 Å². The van der Waals surface area contributed by atoms with Gasteiger partial charge in [0.15, 0.2) is 5.15 Å². The Kier molecular flexibility index (Phi) is 3.21. The Morgan fingerprint density at radius 2 is 2.20 bits per heavy atom. The molecule has 3 nitrogen and oxygen atoms in total. The molecule has 0 N–H and O–H groups in total. The molecule has 0 aliphatic carbocycles. The van der Waals surface area contributed by atoms with Crippen molar-refractivity contribution in [2.45, 2.75) is 32.7 Å². The molecule has 4 heteroatoms. The van der Waals surface area contributed by atoms with Crippen molar-refractivity contribution in [1.82, 2.24) is 14.5 Å². The van der Waals surface area contributed by atoms with E-state index in [0.717, 1.165) is 17.6 Å². The van der Waals surface area contributed by atoms with Gasteiger partial charge in [0.2, 0.25) is 0 Å². The van der Waals surface area contributed by atoms with Crippen LogP contribution < -0.4 is 0 Å². The van der Waals surface area contributed by atoms with Gasteiger partial charge in [0, 0.05) is 12.7 Å². The zero-order chi connectivity index (χ0) is 10.7. The van der Waals surface area contributed by atoms with E-state index in [1.165, 1.54) is 25.6 Å². The fourth-order valence-electron chi connectivity index (χ4n) is 1.71. The Bertz CT molecular complexity index is 450. The first-order valence-electron chi connectivity index (χ1n) is 5.28. The summed E-state index contributed by atoms with van der Waals surface area (Å²) in [6.45, 7) is 3.19. The molecule has 2 rings (SSSR count). The van der Waals surface area contributed by atoms with Gasteiger partial charge in [-0.15, -0.1) is 0 Å². The number of unbranched alkanes of at least 4 members (excludes halogenated alkanes) is 2. The average Bonchev–Trinajstić information content (AvgIpc) is 2.63. The van der Waals surface area contributed by atoms with Crippen molar-refractivity contribution < 1.29 is 0 Å². The summed E-state index contributed by atoms with van der Waals surface area (Å²) in [6.07, 6.45) is 7.17. The van der Waals surface area contributed by atoms with Crippen LogP contribution in [0.15, 0.2) is 18.6 Å². The van der Waals surface area contributed by atoms with Crippen LogP contribution in [0.1, 0.15) is 26.2 Å². The zero-order valence-electron chi connectivity index (χ0n) is 8.78. The molecular formula is C11H14ClN3. The third kappa shape index (κ3) is 2.12. The molecule has 0 saturated carbocycles. The lowest BCUT2D eigenvalue weighted by atomic mass is 10.2. The molecule has 0 aliphatic heterocycles. The molecule has 0 aliphatic rings. The van der Waals surface area contributed by atoms with Crippen molar-refractivity contribution in [1.29, 1.82) is 0 Å². The second kappa shape index (κ2) is 4.62. The smallest absolute Gasteiger partial charge is 0.156 e. The molecule has 0 amide bonds. The molecule has 0 aromatic carbocycles. The summed E-state index contributed by atoms with van der Waals surface area (Å²) >= 11 is 6.04. The first-order valence-corrected chi connectivity index (χ1v) is 5.66. The quantitative estimate of drug-likeness (QED) is 0.588. The fraction of sp³-hybridized carbons (Fsp3) is 0.455. The van der Waals surface area contributed by atoms with Crippen molar-refractivity contribution in [2.75, 3.05) is 0 Å². The highest BCUT2D eigenvalue weighted by Gasteiger charge is 2.06. The van der Waals surface area contributed by atoms with Crippen LogP contribution in [0, 0.1) is 0 Å². The van der Waals surface area contributed by atoms with Gasteiger partial charge in [-0.1, -0.05) is 31.4 Å². The minimum absolute atomic E-state index is 0.543. The van der Waals surface area contributed by atoms with E-state index < -0.39 is 0 Å². The number of hydrogen-bond donors (Lipinski definition) is 0. The van der Waals surface area contributed by atoms with E-state index in [9.17, 15) is 0 Å². The van der Waals surface area contributed by atoms with E-state index in [2.05, 4.69) is 21.5 Å². The monoisotopic (exact) mass is 223 g/mol. The number of hydrogen-bond acceptors (Lipinski definition) is 2. The first kappa shape index (κ1) is 10.4. The lowest BCUT2D eigenvalue weighted by molar-refractivity contribution is 0.616. The predicted octanol–water partition coefficient (Wildman–Crippen LogP) is 3.27. The summed E-state index contributed by atoms with van der Waals surface area (Å²) in [7, 11) is 0. The van der Waals surface area contributed by atoms with Gasteiger partial charge < -0.3 is 4.57 Å². The molecule has 80 valence electrons. The van der Waals surface area contributed by atoms with Gasteiger partial charge in [0.05, 0.1) is 5.52 Å². The largest absolute Gasteiger partial charge is 0.344 e. The highest BCUT2D eigenvalue weighted by molar-refractivity contribution is 6.33. The van der Waals surface area contributed by atoms with Crippen LogP contribution in [0.2, 0.25) is 5.15 Å². The Balaban J connectivity index is 2.27. The Labute approximate surface area is 94.1 Å². The molecule has 2 aromatic heterocycles.